The second kappa shape index (κ2) is 5.53. The van der Waals surface area contributed by atoms with Crippen molar-refractivity contribution < 1.29 is 9.63 Å². The third-order valence-electron chi connectivity index (χ3n) is 7.09. The van der Waals surface area contributed by atoms with Crippen LogP contribution in [0.4, 0.5) is 0 Å². The summed E-state index contributed by atoms with van der Waals surface area (Å²) in [6, 6.07) is 0. The molecular weight excluding hydrogens is 302 g/mol. The van der Waals surface area contributed by atoms with Crippen LogP contribution in [0.3, 0.4) is 0 Å². The molecule has 5 heteroatoms. The Balaban J connectivity index is 1.25. The minimum absolute atomic E-state index is 0.102. The first-order chi connectivity index (χ1) is 11.6. The molecule has 0 aliphatic heterocycles. The van der Waals surface area contributed by atoms with Crippen molar-refractivity contribution in [1.82, 2.24) is 15.5 Å². The van der Waals surface area contributed by atoms with Gasteiger partial charge in [0.15, 0.2) is 5.82 Å². The maximum absolute atomic E-state index is 10.8. The van der Waals surface area contributed by atoms with E-state index >= 15 is 0 Å². The first-order valence-corrected chi connectivity index (χ1v) is 9.91. The van der Waals surface area contributed by atoms with Crippen LogP contribution in [0.25, 0.3) is 0 Å². The summed E-state index contributed by atoms with van der Waals surface area (Å²) in [4.78, 5) is 4.67. The van der Waals surface area contributed by atoms with Gasteiger partial charge in [-0.05, 0) is 63.2 Å². The van der Waals surface area contributed by atoms with E-state index in [4.69, 9.17) is 4.52 Å². The fraction of sp³-hybridized carbons (Fsp3) is 0.895. The summed E-state index contributed by atoms with van der Waals surface area (Å²) in [7, 11) is 0. The number of nitrogens with one attached hydrogen (secondary N) is 1. The molecule has 1 heterocycles. The van der Waals surface area contributed by atoms with E-state index in [1.165, 1.54) is 51.4 Å². The topological polar surface area (TPSA) is 71.2 Å². The highest BCUT2D eigenvalue weighted by Gasteiger charge is 2.56. The number of aliphatic hydroxyl groups is 1. The van der Waals surface area contributed by atoms with Gasteiger partial charge in [-0.15, -0.1) is 0 Å². The highest BCUT2D eigenvalue weighted by atomic mass is 16.5. The largest absolute Gasteiger partial charge is 0.390 e. The summed E-state index contributed by atoms with van der Waals surface area (Å²) in [6.45, 7) is 0.672. The van der Waals surface area contributed by atoms with Gasteiger partial charge < -0.3 is 14.9 Å². The molecule has 4 bridgehead atoms. The van der Waals surface area contributed by atoms with Gasteiger partial charge >= 0.3 is 0 Å². The van der Waals surface area contributed by atoms with E-state index in [1.807, 2.05) is 0 Å². The predicted molar refractivity (Wildman–Crippen MR) is 89.3 cm³/mol. The summed E-state index contributed by atoms with van der Waals surface area (Å²) >= 11 is 0. The molecular formula is C19H29N3O2. The van der Waals surface area contributed by atoms with E-state index in [0.717, 1.165) is 31.0 Å². The zero-order valence-corrected chi connectivity index (χ0v) is 14.5. The fourth-order valence-electron chi connectivity index (χ4n) is 6.54. The molecule has 2 N–H and O–H groups in total. The third kappa shape index (κ3) is 2.70. The Kier molecular flexibility index (Phi) is 3.53. The summed E-state index contributed by atoms with van der Waals surface area (Å²) in [5.74, 6) is 3.51. The zero-order chi connectivity index (χ0) is 16.2. The Morgan fingerprint density at radius 1 is 1.08 bits per heavy atom. The summed E-state index contributed by atoms with van der Waals surface area (Å²) in [5, 5.41) is 18.8. The number of aromatic nitrogens is 2. The quantitative estimate of drug-likeness (QED) is 0.886. The van der Waals surface area contributed by atoms with Crippen molar-refractivity contribution in [3.05, 3.63) is 11.7 Å². The van der Waals surface area contributed by atoms with Gasteiger partial charge in [0.2, 0.25) is 5.89 Å². The highest BCUT2D eigenvalue weighted by Crippen LogP contribution is 2.57. The van der Waals surface area contributed by atoms with Crippen LogP contribution in [0, 0.1) is 11.8 Å². The molecule has 1 aromatic rings. The molecule has 24 heavy (non-hydrogen) atoms. The SMILES string of the molecule is O[C@]12C[C@H]3C[C@@H](C1)C[C@@](NCc1noc(C4CCCCC4)n1)(C3)C2. The Hall–Kier alpha value is -0.940. The van der Waals surface area contributed by atoms with Gasteiger partial charge in [0, 0.05) is 11.5 Å². The number of hydrogen-bond acceptors (Lipinski definition) is 5. The molecule has 6 rings (SSSR count). The molecule has 0 amide bonds. The Labute approximate surface area is 143 Å². The first-order valence-electron chi connectivity index (χ1n) is 9.91. The van der Waals surface area contributed by atoms with Crippen LogP contribution in [-0.4, -0.2) is 26.4 Å². The van der Waals surface area contributed by atoms with E-state index in [2.05, 4.69) is 15.5 Å². The van der Waals surface area contributed by atoms with Crippen molar-refractivity contribution >= 4 is 0 Å². The second-order valence-corrected chi connectivity index (χ2v) is 9.20. The monoisotopic (exact) mass is 331 g/mol. The van der Waals surface area contributed by atoms with Crippen molar-refractivity contribution in [3.8, 4) is 0 Å². The molecule has 0 unspecified atom stereocenters. The Bertz CT molecular complexity index is 594. The Morgan fingerprint density at radius 2 is 1.83 bits per heavy atom. The molecule has 4 atom stereocenters. The third-order valence-corrected chi connectivity index (χ3v) is 7.09. The maximum atomic E-state index is 10.8. The smallest absolute Gasteiger partial charge is 0.229 e. The molecule has 0 aromatic carbocycles. The van der Waals surface area contributed by atoms with E-state index < -0.39 is 5.60 Å². The number of nitrogens with zero attached hydrogens (tertiary/aromatic N) is 2. The fourth-order valence-corrected chi connectivity index (χ4v) is 6.54. The van der Waals surface area contributed by atoms with Crippen LogP contribution in [-0.2, 0) is 6.54 Å². The molecule has 0 saturated heterocycles. The maximum Gasteiger partial charge on any atom is 0.229 e. The van der Waals surface area contributed by atoms with Crippen LogP contribution in [0.15, 0.2) is 4.52 Å². The standard InChI is InChI=1S/C19H29N3O2/c23-19-9-13-6-14(10-19)8-18(7-13,12-19)20-11-16-21-17(24-22-16)15-4-2-1-3-5-15/h13-15,20,23H,1-12H2/t13-,14+,18-,19+. The van der Waals surface area contributed by atoms with Crippen LogP contribution in [0.5, 0.6) is 0 Å². The van der Waals surface area contributed by atoms with Gasteiger partial charge in [0.1, 0.15) is 0 Å². The molecule has 5 aliphatic rings. The molecule has 132 valence electrons. The van der Waals surface area contributed by atoms with Crippen LogP contribution in [0.2, 0.25) is 0 Å². The lowest BCUT2D eigenvalue weighted by Crippen LogP contribution is -2.64. The summed E-state index contributed by atoms with van der Waals surface area (Å²) in [6.07, 6.45) is 13.0. The van der Waals surface area contributed by atoms with Gasteiger partial charge in [-0.25, -0.2) is 0 Å². The summed E-state index contributed by atoms with van der Waals surface area (Å²) < 4.78 is 5.54. The zero-order valence-electron chi connectivity index (χ0n) is 14.5. The normalized spacial score (nSPS) is 41.9. The van der Waals surface area contributed by atoms with Crippen molar-refractivity contribution in [3.63, 3.8) is 0 Å². The summed E-state index contributed by atoms with van der Waals surface area (Å²) in [5.41, 5.74) is -0.313. The molecule has 0 spiro atoms. The second-order valence-electron chi connectivity index (χ2n) is 9.20. The van der Waals surface area contributed by atoms with Crippen molar-refractivity contribution in [2.45, 2.75) is 94.2 Å². The Morgan fingerprint density at radius 3 is 2.54 bits per heavy atom. The molecule has 5 aliphatic carbocycles. The number of rotatable bonds is 4. The predicted octanol–water partition coefficient (Wildman–Crippen LogP) is 3.29. The van der Waals surface area contributed by atoms with Crippen molar-refractivity contribution in [1.29, 1.82) is 0 Å². The first kappa shape index (κ1) is 15.3. The lowest BCUT2D eigenvalue weighted by atomic mass is 9.51. The molecule has 0 radical (unpaired) electrons. The van der Waals surface area contributed by atoms with Gasteiger partial charge in [-0.1, -0.05) is 24.4 Å². The van der Waals surface area contributed by atoms with Gasteiger partial charge in [0.05, 0.1) is 12.1 Å². The minimum atomic E-state index is -0.415. The van der Waals surface area contributed by atoms with E-state index in [0.29, 0.717) is 24.3 Å². The minimum Gasteiger partial charge on any atom is -0.390 e. The van der Waals surface area contributed by atoms with E-state index in [9.17, 15) is 5.11 Å². The average molecular weight is 331 g/mol. The molecule has 5 nitrogen and oxygen atoms in total. The highest BCUT2D eigenvalue weighted by molar-refractivity contribution is 5.12. The van der Waals surface area contributed by atoms with Gasteiger partial charge in [-0.2, -0.15) is 4.98 Å². The average Bonchev–Trinajstić information content (AvgIpc) is 3.01. The van der Waals surface area contributed by atoms with Crippen molar-refractivity contribution in [2.75, 3.05) is 0 Å². The van der Waals surface area contributed by atoms with Crippen LogP contribution < -0.4 is 5.32 Å². The lowest BCUT2D eigenvalue weighted by Gasteiger charge is -2.60. The van der Waals surface area contributed by atoms with E-state index in [-0.39, 0.29) is 5.54 Å². The van der Waals surface area contributed by atoms with Crippen molar-refractivity contribution in [2.24, 2.45) is 11.8 Å². The molecule has 5 fully saturated rings. The van der Waals surface area contributed by atoms with Crippen LogP contribution >= 0.6 is 0 Å². The van der Waals surface area contributed by atoms with E-state index in [1.54, 1.807) is 0 Å². The van der Waals surface area contributed by atoms with Gasteiger partial charge in [-0.3, -0.25) is 0 Å². The molecule has 1 aromatic heterocycles. The lowest BCUT2D eigenvalue weighted by molar-refractivity contribution is -0.142. The van der Waals surface area contributed by atoms with Crippen LogP contribution in [0.1, 0.15) is 88.3 Å². The van der Waals surface area contributed by atoms with Gasteiger partial charge in [0.25, 0.3) is 0 Å². The number of hydrogen-bond donors (Lipinski definition) is 2. The molecule has 5 saturated carbocycles.